The molecule has 1 heterocycles. The Morgan fingerprint density at radius 2 is 1.76 bits per heavy atom. The van der Waals surface area contributed by atoms with Crippen LogP contribution in [0.2, 0.25) is 0 Å². The number of para-hydroxylation sites is 1. The van der Waals surface area contributed by atoms with Crippen molar-refractivity contribution in [1.82, 2.24) is 4.31 Å². The average Bonchev–Trinajstić information content (AvgIpc) is 2.64. The third kappa shape index (κ3) is 3.91. The average molecular weight is 358 g/mol. The summed E-state index contributed by atoms with van der Waals surface area (Å²) < 4.78 is 26.9. The molecule has 6 heteroatoms. The Morgan fingerprint density at radius 3 is 2.48 bits per heavy atom. The molecule has 2 aromatic rings. The maximum absolute atomic E-state index is 12.8. The molecule has 0 radical (unpaired) electrons. The van der Waals surface area contributed by atoms with E-state index in [1.165, 1.54) is 4.31 Å². The van der Waals surface area contributed by atoms with Crippen molar-refractivity contribution < 1.29 is 13.2 Å². The van der Waals surface area contributed by atoms with Crippen LogP contribution < -0.4 is 5.32 Å². The van der Waals surface area contributed by atoms with Crippen LogP contribution in [-0.2, 0) is 14.8 Å². The molecule has 0 saturated carbocycles. The molecule has 132 valence electrons. The predicted octanol–water partition coefficient (Wildman–Crippen LogP) is 3.03. The number of sulfonamides is 1. The second-order valence-corrected chi connectivity index (χ2v) is 8.26. The van der Waals surface area contributed by atoms with Gasteiger partial charge in [0.1, 0.15) is 0 Å². The molecule has 1 N–H and O–H groups in total. The molecule has 0 unspecified atom stereocenters. The van der Waals surface area contributed by atoms with E-state index >= 15 is 0 Å². The minimum Gasteiger partial charge on any atom is -0.326 e. The molecule has 0 bridgehead atoms. The maximum atomic E-state index is 12.8. The Labute approximate surface area is 148 Å². The van der Waals surface area contributed by atoms with Crippen LogP contribution in [0.1, 0.15) is 18.4 Å². The van der Waals surface area contributed by atoms with Crippen molar-refractivity contribution in [2.45, 2.75) is 24.7 Å². The summed E-state index contributed by atoms with van der Waals surface area (Å²) in [5.74, 6) is -0.464. The highest BCUT2D eigenvalue weighted by Crippen LogP contribution is 2.25. The summed E-state index contributed by atoms with van der Waals surface area (Å²) in [6.45, 7) is 2.60. The van der Waals surface area contributed by atoms with E-state index in [0.29, 0.717) is 19.4 Å². The lowest BCUT2D eigenvalue weighted by Crippen LogP contribution is -2.43. The van der Waals surface area contributed by atoms with E-state index in [0.717, 1.165) is 11.3 Å². The first-order chi connectivity index (χ1) is 12.0. The van der Waals surface area contributed by atoms with Crippen LogP contribution in [0.3, 0.4) is 0 Å². The molecule has 25 heavy (non-hydrogen) atoms. The number of rotatable bonds is 4. The lowest BCUT2D eigenvalue weighted by molar-refractivity contribution is -0.120. The van der Waals surface area contributed by atoms with E-state index in [4.69, 9.17) is 0 Å². The van der Waals surface area contributed by atoms with Crippen molar-refractivity contribution in [1.29, 1.82) is 0 Å². The van der Waals surface area contributed by atoms with Crippen molar-refractivity contribution in [2.75, 3.05) is 18.4 Å². The molecule has 3 rings (SSSR count). The minimum atomic E-state index is -3.56. The van der Waals surface area contributed by atoms with Gasteiger partial charge in [0.25, 0.3) is 0 Å². The van der Waals surface area contributed by atoms with Gasteiger partial charge in [0, 0.05) is 18.8 Å². The first-order valence-corrected chi connectivity index (χ1v) is 9.84. The van der Waals surface area contributed by atoms with Gasteiger partial charge >= 0.3 is 0 Å². The fraction of sp³-hybridized carbons (Fsp3) is 0.316. The van der Waals surface area contributed by atoms with Crippen molar-refractivity contribution in [3.8, 4) is 0 Å². The van der Waals surface area contributed by atoms with E-state index in [2.05, 4.69) is 5.32 Å². The summed E-state index contributed by atoms with van der Waals surface area (Å²) in [7, 11) is -3.56. The smallest absolute Gasteiger partial charge is 0.243 e. The van der Waals surface area contributed by atoms with Crippen molar-refractivity contribution >= 4 is 21.6 Å². The maximum Gasteiger partial charge on any atom is 0.243 e. The van der Waals surface area contributed by atoms with Gasteiger partial charge < -0.3 is 5.32 Å². The highest BCUT2D eigenvalue weighted by molar-refractivity contribution is 7.89. The summed E-state index contributed by atoms with van der Waals surface area (Å²) in [5, 5.41) is 2.93. The molecule has 1 aliphatic heterocycles. The number of hydrogen-bond donors (Lipinski definition) is 1. The second kappa shape index (κ2) is 7.37. The summed E-state index contributed by atoms with van der Waals surface area (Å²) in [5.41, 5.74) is 1.76. The van der Waals surface area contributed by atoms with Gasteiger partial charge in [0.05, 0.1) is 10.8 Å². The first-order valence-electron chi connectivity index (χ1n) is 8.40. The first kappa shape index (κ1) is 17.6. The fourth-order valence-electron chi connectivity index (χ4n) is 3.06. The third-order valence-electron chi connectivity index (χ3n) is 4.54. The predicted molar refractivity (Wildman–Crippen MR) is 97.7 cm³/mol. The van der Waals surface area contributed by atoms with E-state index in [1.54, 1.807) is 30.3 Å². The van der Waals surface area contributed by atoms with Crippen LogP contribution >= 0.6 is 0 Å². The topological polar surface area (TPSA) is 66.5 Å². The zero-order chi connectivity index (χ0) is 17.9. The van der Waals surface area contributed by atoms with E-state index in [9.17, 15) is 13.2 Å². The monoisotopic (exact) mass is 358 g/mol. The molecular formula is C19H22N2O3S. The van der Waals surface area contributed by atoms with E-state index in [-0.39, 0.29) is 23.3 Å². The van der Waals surface area contributed by atoms with Gasteiger partial charge in [-0.15, -0.1) is 0 Å². The molecule has 0 spiro atoms. The number of nitrogens with one attached hydrogen (secondary N) is 1. The summed E-state index contributed by atoms with van der Waals surface area (Å²) in [4.78, 5) is 12.9. The second-order valence-electron chi connectivity index (χ2n) is 6.32. The van der Waals surface area contributed by atoms with Crippen molar-refractivity contribution in [3.63, 3.8) is 0 Å². The van der Waals surface area contributed by atoms with Gasteiger partial charge in [-0.3, -0.25) is 4.79 Å². The van der Waals surface area contributed by atoms with Crippen LogP contribution in [0.4, 0.5) is 5.69 Å². The molecule has 2 aromatic carbocycles. The van der Waals surface area contributed by atoms with Gasteiger partial charge in [-0.2, -0.15) is 4.31 Å². The van der Waals surface area contributed by atoms with Crippen LogP contribution in [0.25, 0.3) is 0 Å². The molecule has 0 aliphatic carbocycles. The molecular weight excluding hydrogens is 336 g/mol. The normalized spacial score (nSPS) is 18.7. The SMILES string of the molecule is Cc1ccccc1NC(=O)[C@@H]1CCCN(S(=O)(=O)c2ccccc2)C1. The molecule has 1 amide bonds. The molecule has 5 nitrogen and oxygen atoms in total. The number of carbonyl (C=O) groups excluding carboxylic acids is 1. The highest BCUT2D eigenvalue weighted by atomic mass is 32.2. The Hall–Kier alpha value is -2.18. The van der Waals surface area contributed by atoms with Crippen molar-refractivity contribution in [3.05, 3.63) is 60.2 Å². The van der Waals surface area contributed by atoms with E-state index in [1.807, 2.05) is 31.2 Å². The van der Waals surface area contributed by atoms with Gasteiger partial charge in [0.2, 0.25) is 15.9 Å². The lowest BCUT2D eigenvalue weighted by atomic mass is 9.98. The van der Waals surface area contributed by atoms with Gasteiger partial charge in [-0.25, -0.2) is 8.42 Å². The minimum absolute atomic E-state index is 0.123. The summed E-state index contributed by atoms with van der Waals surface area (Å²) in [6, 6.07) is 16.0. The van der Waals surface area contributed by atoms with Gasteiger partial charge in [-0.1, -0.05) is 36.4 Å². The fourth-order valence-corrected chi connectivity index (χ4v) is 4.61. The number of hydrogen-bond acceptors (Lipinski definition) is 3. The standard InChI is InChI=1S/C19H22N2O3S/c1-15-8-5-6-12-18(15)20-19(22)16-9-7-13-21(14-16)25(23,24)17-10-3-2-4-11-17/h2-6,8,10-12,16H,7,9,13-14H2,1H3,(H,20,22)/t16-/m1/s1. The molecule has 1 saturated heterocycles. The number of piperidine rings is 1. The van der Waals surface area contributed by atoms with E-state index < -0.39 is 10.0 Å². The molecule has 1 atom stereocenters. The number of anilines is 1. The van der Waals surface area contributed by atoms with Crippen LogP contribution in [0.5, 0.6) is 0 Å². The Bertz CT molecular complexity index is 850. The van der Waals surface area contributed by atoms with Crippen LogP contribution in [-0.4, -0.2) is 31.7 Å². The summed E-state index contributed by atoms with van der Waals surface area (Å²) in [6.07, 6.45) is 1.37. The number of aryl methyl sites for hydroxylation is 1. The zero-order valence-corrected chi connectivity index (χ0v) is 15.0. The number of carbonyl (C=O) groups is 1. The molecule has 1 fully saturated rings. The van der Waals surface area contributed by atoms with Crippen LogP contribution in [0.15, 0.2) is 59.5 Å². The lowest BCUT2D eigenvalue weighted by Gasteiger charge is -2.31. The molecule has 1 aliphatic rings. The van der Waals surface area contributed by atoms with Gasteiger partial charge in [-0.05, 0) is 43.5 Å². The Balaban J connectivity index is 1.73. The number of amides is 1. The number of benzene rings is 2. The Kier molecular flexibility index (Phi) is 5.20. The highest BCUT2D eigenvalue weighted by Gasteiger charge is 2.33. The zero-order valence-electron chi connectivity index (χ0n) is 14.2. The van der Waals surface area contributed by atoms with Crippen molar-refractivity contribution in [2.24, 2.45) is 5.92 Å². The number of nitrogens with zero attached hydrogens (tertiary/aromatic N) is 1. The molecule has 0 aromatic heterocycles. The van der Waals surface area contributed by atoms with Gasteiger partial charge in [0.15, 0.2) is 0 Å². The van der Waals surface area contributed by atoms with Crippen LogP contribution in [0, 0.1) is 12.8 Å². The third-order valence-corrected chi connectivity index (χ3v) is 6.42. The summed E-state index contributed by atoms with van der Waals surface area (Å²) >= 11 is 0. The Morgan fingerprint density at radius 1 is 1.08 bits per heavy atom. The quantitative estimate of drug-likeness (QED) is 0.913. The largest absolute Gasteiger partial charge is 0.326 e.